The summed E-state index contributed by atoms with van der Waals surface area (Å²) in [5.41, 5.74) is 0.310. The van der Waals surface area contributed by atoms with Crippen LogP contribution in [0.4, 0.5) is 9.18 Å². The highest BCUT2D eigenvalue weighted by molar-refractivity contribution is 6.29. The SMILES string of the molecule is O=C(O)N1CCC[C@](F)(c2nc3cc(-c4cc(Cl)ncn4)ccc3o2)C1. The number of piperidine rings is 1. The minimum absolute atomic E-state index is 0.101. The third-order valence-corrected chi connectivity index (χ3v) is 4.62. The molecule has 26 heavy (non-hydrogen) atoms. The van der Waals surface area contributed by atoms with Gasteiger partial charge in [0.15, 0.2) is 5.58 Å². The molecule has 0 radical (unpaired) electrons. The second-order valence-electron chi connectivity index (χ2n) is 6.20. The zero-order valence-electron chi connectivity index (χ0n) is 13.5. The highest BCUT2D eigenvalue weighted by atomic mass is 35.5. The minimum Gasteiger partial charge on any atom is -0.465 e. The van der Waals surface area contributed by atoms with E-state index in [1.54, 1.807) is 24.3 Å². The molecule has 1 atom stereocenters. The van der Waals surface area contributed by atoms with Crippen molar-refractivity contribution < 1.29 is 18.7 Å². The quantitative estimate of drug-likeness (QED) is 0.682. The first-order valence-electron chi connectivity index (χ1n) is 8.00. The predicted octanol–water partition coefficient (Wildman–Crippen LogP) is 3.88. The second-order valence-corrected chi connectivity index (χ2v) is 6.59. The van der Waals surface area contributed by atoms with E-state index >= 15 is 4.39 Å². The lowest BCUT2D eigenvalue weighted by molar-refractivity contribution is 0.0248. The highest BCUT2D eigenvalue weighted by Crippen LogP contribution is 2.37. The number of oxazole rings is 1. The van der Waals surface area contributed by atoms with Gasteiger partial charge in [-0.25, -0.2) is 24.1 Å². The van der Waals surface area contributed by atoms with Crippen LogP contribution in [0.1, 0.15) is 18.7 Å². The molecule has 0 unspecified atom stereocenters. The van der Waals surface area contributed by atoms with E-state index in [-0.39, 0.29) is 18.9 Å². The number of likely N-dealkylation sites (tertiary alicyclic amines) is 1. The Bertz CT molecular complexity index is 995. The highest BCUT2D eigenvalue weighted by Gasteiger charge is 2.43. The van der Waals surface area contributed by atoms with Crippen molar-refractivity contribution in [3.05, 3.63) is 41.6 Å². The van der Waals surface area contributed by atoms with E-state index in [4.69, 9.17) is 21.1 Å². The third kappa shape index (κ3) is 2.96. The van der Waals surface area contributed by atoms with Gasteiger partial charge in [-0.2, -0.15) is 0 Å². The summed E-state index contributed by atoms with van der Waals surface area (Å²) in [4.78, 5) is 24.5. The van der Waals surface area contributed by atoms with Gasteiger partial charge < -0.3 is 14.4 Å². The van der Waals surface area contributed by atoms with E-state index in [9.17, 15) is 4.79 Å². The summed E-state index contributed by atoms with van der Waals surface area (Å²) >= 11 is 5.89. The number of fused-ring (bicyclic) bond motifs is 1. The van der Waals surface area contributed by atoms with Gasteiger partial charge in [0.1, 0.15) is 17.0 Å². The van der Waals surface area contributed by atoms with E-state index in [0.29, 0.717) is 34.9 Å². The molecule has 1 N–H and O–H groups in total. The molecule has 0 aliphatic carbocycles. The number of nitrogens with zero attached hydrogens (tertiary/aromatic N) is 4. The van der Waals surface area contributed by atoms with Crippen molar-refractivity contribution in [1.29, 1.82) is 0 Å². The largest absolute Gasteiger partial charge is 0.465 e. The molecular formula is C17H14ClFN4O3. The summed E-state index contributed by atoms with van der Waals surface area (Å²) < 4.78 is 20.9. The molecule has 134 valence electrons. The molecule has 1 aliphatic heterocycles. The van der Waals surface area contributed by atoms with E-state index in [0.717, 1.165) is 10.5 Å². The molecule has 9 heteroatoms. The number of halogens is 2. The van der Waals surface area contributed by atoms with Crippen LogP contribution in [0.5, 0.6) is 0 Å². The summed E-state index contributed by atoms with van der Waals surface area (Å²) in [6, 6.07) is 6.79. The molecule has 0 spiro atoms. The van der Waals surface area contributed by atoms with Crippen molar-refractivity contribution in [1.82, 2.24) is 19.9 Å². The average Bonchev–Trinajstić information content (AvgIpc) is 3.06. The predicted molar refractivity (Wildman–Crippen MR) is 91.7 cm³/mol. The number of carbonyl (C=O) groups is 1. The standard InChI is InChI=1S/C17H14ClFN4O3/c18-14-7-11(20-9-21-14)10-2-3-13-12(6-10)22-15(26-13)17(19)4-1-5-23(8-17)16(24)25/h2-3,6-7,9H,1,4-5,8H2,(H,24,25)/t17-/m1/s1. The first-order valence-corrected chi connectivity index (χ1v) is 8.38. The van der Waals surface area contributed by atoms with Crippen molar-refractivity contribution in [3.8, 4) is 11.3 Å². The molecule has 1 aliphatic rings. The fraction of sp³-hybridized carbons (Fsp3) is 0.294. The molecule has 1 amide bonds. The van der Waals surface area contributed by atoms with Crippen LogP contribution in [-0.4, -0.2) is 44.1 Å². The van der Waals surface area contributed by atoms with Crippen molar-refractivity contribution in [3.63, 3.8) is 0 Å². The molecule has 4 rings (SSSR count). The van der Waals surface area contributed by atoms with Crippen molar-refractivity contribution in [2.45, 2.75) is 18.5 Å². The van der Waals surface area contributed by atoms with Gasteiger partial charge in [-0.3, -0.25) is 0 Å². The number of rotatable bonds is 2. The number of hydrogen-bond donors (Lipinski definition) is 1. The van der Waals surface area contributed by atoms with E-state index in [2.05, 4.69) is 15.0 Å². The summed E-state index contributed by atoms with van der Waals surface area (Å²) in [5, 5.41) is 9.44. The topological polar surface area (TPSA) is 92.3 Å². The molecule has 1 aromatic carbocycles. The lowest BCUT2D eigenvalue weighted by Gasteiger charge is -2.33. The van der Waals surface area contributed by atoms with E-state index in [1.165, 1.54) is 6.33 Å². The van der Waals surface area contributed by atoms with Gasteiger partial charge in [0.25, 0.3) is 0 Å². The maximum absolute atomic E-state index is 15.3. The van der Waals surface area contributed by atoms with Gasteiger partial charge in [-0.1, -0.05) is 11.6 Å². The number of carboxylic acid groups (broad SMARTS) is 1. The van der Waals surface area contributed by atoms with Crippen LogP contribution in [0.3, 0.4) is 0 Å². The lowest BCUT2D eigenvalue weighted by atomic mass is 9.95. The Morgan fingerprint density at radius 1 is 1.35 bits per heavy atom. The van der Waals surface area contributed by atoms with E-state index in [1.807, 2.05) is 0 Å². The van der Waals surface area contributed by atoms with Crippen molar-refractivity contribution in [2.24, 2.45) is 0 Å². The zero-order valence-corrected chi connectivity index (χ0v) is 14.3. The maximum Gasteiger partial charge on any atom is 0.407 e. The molecule has 0 bridgehead atoms. The minimum atomic E-state index is -1.94. The number of aromatic nitrogens is 3. The van der Waals surface area contributed by atoms with Gasteiger partial charge >= 0.3 is 6.09 Å². The van der Waals surface area contributed by atoms with Crippen molar-refractivity contribution >= 4 is 28.8 Å². The fourth-order valence-corrected chi connectivity index (χ4v) is 3.27. The van der Waals surface area contributed by atoms with Gasteiger partial charge in [-0.15, -0.1) is 0 Å². The number of amides is 1. The van der Waals surface area contributed by atoms with Gasteiger partial charge in [0, 0.05) is 18.2 Å². The van der Waals surface area contributed by atoms with E-state index < -0.39 is 11.8 Å². The van der Waals surface area contributed by atoms with Crippen molar-refractivity contribution in [2.75, 3.05) is 13.1 Å². The van der Waals surface area contributed by atoms with Crippen LogP contribution in [0.15, 0.2) is 35.0 Å². The maximum atomic E-state index is 15.3. The molecule has 3 aromatic rings. The Balaban J connectivity index is 1.70. The van der Waals surface area contributed by atoms with Gasteiger partial charge in [0.2, 0.25) is 11.6 Å². The Kier molecular flexibility index (Phi) is 3.99. The molecular weight excluding hydrogens is 363 g/mol. The second kappa shape index (κ2) is 6.21. The monoisotopic (exact) mass is 376 g/mol. The molecule has 1 fully saturated rings. The Hall–Kier alpha value is -2.74. The fourth-order valence-electron chi connectivity index (χ4n) is 3.12. The summed E-state index contributed by atoms with van der Waals surface area (Å²) in [6.07, 6.45) is 0.782. The molecule has 7 nitrogen and oxygen atoms in total. The summed E-state index contributed by atoms with van der Waals surface area (Å²) in [7, 11) is 0. The van der Waals surface area contributed by atoms with Gasteiger partial charge in [0.05, 0.1) is 12.2 Å². The van der Waals surface area contributed by atoms with Crippen LogP contribution in [-0.2, 0) is 5.67 Å². The van der Waals surface area contributed by atoms with Crippen LogP contribution in [0.2, 0.25) is 5.15 Å². The Morgan fingerprint density at radius 3 is 2.96 bits per heavy atom. The summed E-state index contributed by atoms with van der Waals surface area (Å²) in [6.45, 7) is 0.0172. The molecule has 2 aromatic heterocycles. The van der Waals surface area contributed by atoms with Crippen LogP contribution >= 0.6 is 11.6 Å². The molecule has 0 saturated carbocycles. The molecule has 1 saturated heterocycles. The normalized spacial score (nSPS) is 20.5. The summed E-state index contributed by atoms with van der Waals surface area (Å²) in [5.74, 6) is -0.101. The number of benzene rings is 1. The smallest absolute Gasteiger partial charge is 0.407 e. The number of alkyl halides is 1. The Morgan fingerprint density at radius 2 is 2.19 bits per heavy atom. The first-order chi connectivity index (χ1) is 12.4. The Labute approximate surface area is 152 Å². The average molecular weight is 377 g/mol. The zero-order chi connectivity index (χ0) is 18.3. The van der Waals surface area contributed by atoms with Gasteiger partial charge in [-0.05, 0) is 31.0 Å². The van der Waals surface area contributed by atoms with Crippen LogP contribution in [0, 0.1) is 0 Å². The van der Waals surface area contributed by atoms with Crippen LogP contribution in [0.25, 0.3) is 22.4 Å². The lowest BCUT2D eigenvalue weighted by Crippen LogP contribution is -2.46. The first kappa shape index (κ1) is 16.7. The van der Waals surface area contributed by atoms with Crippen LogP contribution < -0.4 is 0 Å². The third-order valence-electron chi connectivity index (χ3n) is 4.41. The number of hydrogen-bond acceptors (Lipinski definition) is 5. The molecule has 3 heterocycles.